The van der Waals surface area contributed by atoms with E-state index in [9.17, 15) is 29.3 Å². The molecule has 10 nitrogen and oxygen atoms in total. The molecule has 0 unspecified atom stereocenters. The molecular weight excluding hydrogens is 525 g/mol. The second kappa shape index (κ2) is 9.42. The Hall–Kier alpha value is -3.50. The van der Waals surface area contributed by atoms with Gasteiger partial charge in [-0.3, -0.25) is 29.4 Å². The van der Waals surface area contributed by atoms with Crippen LogP contribution < -0.4 is 10.2 Å². The van der Waals surface area contributed by atoms with Crippen molar-refractivity contribution in [2.75, 3.05) is 16.8 Å². The van der Waals surface area contributed by atoms with Gasteiger partial charge in [0, 0.05) is 17.3 Å². The number of imide groups is 1. The fraction of sp³-hybridized carbons (Fsp3) is 0.360. The van der Waals surface area contributed by atoms with Gasteiger partial charge in [-0.15, -0.1) is 23.2 Å². The number of hydrogen-bond acceptors (Lipinski definition) is 7. The first-order chi connectivity index (χ1) is 17.6. The lowest BCUT2D eigenvalue weighted by Crippen LogP contribution is -2.37. The number of fused-ring (bicyclic) bond motifs is 5. The molecule has 3 fully saturated rings. The molecule has 3 amide bonds. The zero-order valence-corrected chi connectivity index (χ0v) is 20.9. The van der Waals surface area contributed by atoms with Crippen molar-refractivity contribution in [1.82, 2.24) is 0 Å². The largest absolute Gasteiger partial charge is 0.452 e. The summed E-state index contributed by atoms with van der Waals surface area (Å²) < 4.78 is 5.03. The second-order valence-corrected chi connectivity index (χ2v) is 10.5. The third kappa shape index (κ3) is 4.23. The van der Waals surface area contributed by atoms with E-state index in [-0.39, 0.29) is 51.3 Å². The lowest BCUT2D eigenvalue weighted by atomic mass is 9.80. The van der Waals surface area contributed by atoms with E-state index in [1.165, 1.54) is 42.5 Å². The van der Waals surface area contributed by atoms with Gasteiger partial charge in [-0.25, -0.2) is 4.79 Å². The molecule has 2 saturated carbocycles. The van der Waals surface area contributed by atoms with Crippen LogP contribution in [-0.2, 0) is 19.1 Å². The van der Waals surface area contributed by atoms with Crippen LogP contribution in [0, 0.1) is 40.7 Å². The van der Waals surface area contributed by atoms with Crippen molar-refractivity contribution in [1.29, 1.82) is 0 Å². The molecule has 3 aliphatic rings. The average molecular weight is 546 g/mol. The topological polar surface area (TPSA) is 136 Å². The number of amides is 3. The number of rotatable bonds is 6. The van der Waals surface area contributed by atoms with Crippen LogP contribution in [0.4, 0.5) is 17.1 Å². The van der Waals surface area contributed by atoms with E-state index in [0.717, 1.165) is 4.90 Å². The molecule has 5 rings (SSSR count). The highest BCUT2D eigenvalue weighted by molar-refractivity contribution is 6.32. The van der Waals surface area contributed by atoms with Crippen molar-refractivity contribution in [3.8, 4) is 0 Å². The molecule has 0 aromatic heterocycles. The van der Waals surface area contributed by atoms with Gasteiger partial charge >= 0.3 is 5.97 Å². The molecule has 12 heteroatoms. The Morgan fingerprint density at radius 3 is 2.22 bits per heavy atom. The van der Waals surface area contributed by atoms with Gasteiger partial charge < -0.3 is 10.1 Å². The number of halogens is 2. The summed E-state index contributed by atoms with van der Waals surface area (Å²) in [5.41, 5.74) is 0.935. The van der Waals surface area contributed by atoms with E-state index in [4.69, 9.17) is 27.9 Å². The van der Waals surface area contributed by atoms with E-state index in [1.54, 1.807) is 6.92 Å². The molecule has 0 spiro atoms. The number of nitro benzene ring substituents is 1. The van der Waals surface area contributed by atoms with Crippen molar-refractivity contribution < 1.29 is 28.8 Å². The minimum Gasteiger partial charge on any atom is -0.452 e. The van der Waals surface area contributed by atoms with E-state index in [2.05, 4.69) is 5.32 Å². The van der Waals surface area contributed by atoms with Crippen LogP contribution in [0.15, 0.2) is 42.5 Å². The first kappa shape index (κ1) is 25.2. The van der Waals surface area contributed by atoms with Gasteiger partial charge in [-0.05, 0) is 55.5 Å². The van der Waals surface area contributed by atoms with Gasteiger partial charge in [0.1, 0.15) is 0 Å². The molecule has 192 valence electrons. The van der Waals surface area contributed by atoms with Crippen molar-refractivity contribution >= 4 is 64.0 Å². The van der Waals surface area contributed by atoms with Crippen LogP contribution in [0.1, 0.15) is 22.3 Å². The molecular formula is C25H21Cl2N3O7. The number of benzene rings is 2. The van der Waals surface area contributed by atoms with E-state index in [1.807, 2.05) is 0 Å². The maximum atomic E-state index is 13.1. The summed E-state index contributed by atoms with van der Waals surface area (Å²) in [6.07, 6.45) is 0.669. The molecule has 2 aromatic rings. The molecule has 1 saturated heterocycles. The number of nitrogens with zero attached hydrogens (tertiary/aromatic N) is 2. The number of esters is 1. The summed E-state index contributed by atoms with van der Waals surface area (Å²) in [5.74, 6) is -3.30. The highest BCUT2D eigenvalue weighted by atomic mass is 35.5. The highest BCUT2D eigenvalue weighted by Gasteiger charge is 2.66. The molecule has 1 aliphatic heterocycles. The third-order valence-corrected chi connectivity index (χ3v) is 8.69. The Morgan fingerprint density at radius 2 is 1.65 bits per heavy atom. The predicted molar refractivity (Wildman–Crippen MR) is 134 cm³/mol. The molecule has 1 N–H and O–H groups in total. The van der Waals surface area contributed by atoms with Crippen molar-refractivity contribution in [2.24, 2.45) is 23.7 Å². The fourth-order valence-electron chi connectivity index (χ4n) is 5.65. The quantitative estimate of drug-likeness (QED) is 0.192. The molecule has 6 atom stereocenters. The number of hydrogen-bond donors (Lipinski definition) is 1. The number of nitro groups is 1. The van der Waals surface area contributed by atoms with Crippen LogP contribution in [0.5, 0.6) is 0 Å². The Bertz CT molecular complexity index is 1300. The molecule has 2 aliphatic carbocycles. The summed E-state index contributed by atoms with van der Waals surface area (Å²) in [4.78, 5) is 62.4. The Kier molecular flexibility index (Phi) is 6.41. The molecule has 2 aromatic carbocycles. The predicted octanol–water partition coefficient (Wildman–Crippen LogP) is 3.67. The number of anilines is 2. The third-order valence-electron chi connectivity index (χ3n) is 7.37. The first-order valence-electron chi connectivity index (χ1n) is 11.6. The van der Waals surface area contributed by atoms with E-state index >= 15 is 0 Å². The molecule has 0 radical (unpaired) electrons. The van der Waals surface area contributed by atoms with Gasteiger partial charge in [0.05, 0.1) is 38.8 Å². The van der Waals surface area contributed by atoms with Crippen molar-refractivity contribution in [2.45, 2.75) is 24.1 Å². The maximum absolute atomic E-state index is 13.1. The number of carbonyl (C=O) groups is 4. The zero-order valence-electron chi connectivity index (χ0n) is 19.4. The summed E-state index contributed by atoms with van der Waals surface area (Å²) in [5, 5.41) is 12.8. The SMILES string of the molecule is Cc1ccc(NC(=O)COC(=O)c2ccc(N3C(=O)[C@@H]4[C@H]5C[C@@H]([C@@H](Cl)[C@H]5Cl)[C@H]4C3=O)cc2)cc1[N+](=O)[O-]. The Morgan fingerprint density at radius 1 is 1.05 bits per heavy atom. The second-order valence-electron chi connectivity index (χ2n) is 9.45. The number of alkyl halides is 2. The van der Waals surface area contributed by atoms with Gasteiger partial charge in [0.15, 0.2) is 6.61 Å². The zero-order chi connectivity index (χ0) is 26.6. The van der Waals surface area contributed by atoms with Crippen LogP contribution >= 0.6 is 23.2 Å². The highest BCUT2D eigenvalue weighted by Crippen LogP contribution is 2.59. The number of carbonyl (C=O) groups excluding carboxylic acids is 4. The normalized spacial score (nSPS) is 27.8. The summed E-state index contributed by atoms with van der Waals surface area (Å²) >= 11 is 12.8. The van der Waals surface area contributed by atoms with Crippen LogP contribution in [0.2, 0.25) is 0 Å². The first-order valence-corrected chi connectivity index (χ1v) is 12.4. The van der Waals surface area contributed by atoms with Gasteiger partial charge in [0.2, 0.25) is 11.8 Å². The van der Waals surface area contributed by atoms with Gasteiger partial charge in [-0.2, -0.15) is 0 Å². The lowest BCUT2D eigenvalue weighted by molar-refractivity contribution is -0.385. The minimum absolute atomic E-state index is 0.114. The van der Waals surface area contributed by atoms with Crippen LogP contribution in [0.25, 0.3) is 0 Å². The summed E-state index contributed by atoms with van der Waals surface area (Å²) in [7, 11) is 0. The standard InChI is InChI=1S/C25H21Cl2N3O7/c1-11-2-5-13(8-17(11)30(35)36)28-18(31)10-37-25(34)12-3-6-14(7-4-12)29-23(32)19-15-9-16(20(19)24(29)33)22(27)21(15)26/h2-8,15-16,19-22H,9-10H2,1H3,(H,28,31)/t15-,16-,19-,20-,21-,22+/m1/s1. The van der Waals surface area contributed by atoms with Crippen LogP contribution in [-0.4, -0.2) is 46.0 Å². The summed E-state index contributed by atoms with van der Waals surface area (Å²) in [6.45, 7) is 0.961. The molecule has 2 bridgehead atoms. The van der Waals surface area contributed by atoms with E-state index < -0.39 is 35.2 Å². The Labute approximate surface area is 221 Å². The smallest absolute Gasteiger partial charge is 0.338 e. The number of aryl methyl sites for hydroxylation is 1. The number of ether oxygens (including phenoxy) is 1. The van der Waals surface area contributed by atoms with Gasteiger partial charge in [-0.1, -0.05) is 6.07 Å². The summed E-state index contributed by atoms with van der Waals surface area (Å²) in [6, 6.07) is 9.95. The lowest BCUT2D eigenvalue weighted by Gasteiger charge is -2.28. The van der Waals surface area contributed by atoms with E-state index in [0.29, 0.717) is 17.7 Å². The average Bonchev–Trinajstić information content (AvgIpc) is 3.48. The minimum atomic E-state index is -0.791. The fourth-order valence-corrected chi connectivity index (χ4v) is 6.54. The van der Waals surface area contributed by atoms with Crippen molar-refractivity contribution in [3.63, 3.8) is 0 Å². The van der Waals surface area contributed by atoms with Crippen molar-refractivity contribution in [3.05, 3.63) is 63.7 Å². The van der Waals surface area contributed by atoms with Gasteiger partial charge in [0.25, 0.3) is 11.6 Å². The maximum Gasteiger partial charge on any atom is 0.338 e. The van der Waals surface area contributed by atoms with Crippen LogP contribution in [0.3, 0.4) is 0 Å². The number of nitrogens with one attached hydrogen (secondary N) is 1. The Balaban J connectivity index is 1.20. The molecule has 37 heavy (non-hydrogen) atoms. The molecule has 1 heterocycles. The monoisotopic (exact) mass is 545 g/mol.